The number of halogens is 1. The van der Waals surface area contributed by atoms with Gasteiger partial charge in [-0.1, -0.05) is 48.0 Å². The smallest absolute Gasteiger partial charge is 0.339 e. The lowest BCUT2D eigenvalue weighted by atomic mass is 10.1. The number of hydrogen-bond donors (Lipinski definition) is 1. The number of ether oxygens (including phenoxy) is 2. The molecule has 0 saturated heterocycles. The first-order valence-corrected chi connectivity index (χ1v) is 6.71. The zero-order valence-electron chi connectivity index (χ0n) is 11.5. The first-order valence-electron chi connectivity index (χ1n) is 6.34. The molecule has 5 heteroatoms. The number of benzene rings is 2. The molecule has 0 aromatic heterocycles. The second-order valence-electron chi connectivity index (χ2n) is 4.39. The van der Waals surface area contributed by atoms with Crippen molar-refractivity contribution in [3.8, 4) is 5.75 Å². The van der Waals surface area contributed by atoms with Crippen LogP contribution in [0.3, 0.4) is 0 Å². The van der Waals surface area contributed by atoms with Crippen molar-refractivity contribution in [3.63, 3.8) is 0 Å². The van der Waals surface area contributed by atoms with E-state index < -0.39 is 12.1 Å². The lowest BCUT2D eigenvalue weighted by Gasteiger charge is -2.11. The van der Waals surface area contributed by atoms with Crippen molar-refractivity contribution in [2.45, 2.75) is 12.7 Å². The fourth-order valence-electron chi connectivity index (χ4n) is 1.80. The third-order valence-electron chi connectivity index (χ3n) is 2.94. The average Bonchev–Trinajstić information content (AvgIpc) is 2.52. The zero-order chi connectivity index (χ0) is 15.2. The molecule has 0 aliphatic carbocycles. The molecular formula is C16H15ClO4. The normalized spacial score (nSPS) is 11.8. The Morgan fingerprint density at radius 2 is 1.95 bits per heavy atom. The summed E-state index contributed by atoms with van der Waals surface area (Å²) >= 11 is 5.99. The van der Waals surface area contributed by atoms with Crippen LogP contribution in [0.2, 0.25) is 5.02 Å². The Balaban J connectivity index is 1.96. The Bertz CT molecular complexity index is 613. The number of carbonyl (C=O) groups is 1. The molecule has 2 aromatic carbocycles. The monoisotopic (exact) mass is 306 g/mol. The summed E-state index contributed by atoms with van der Waals surface area (Å²) in [6, 6.07) is 13.7. The van der Waals surface area contributed by atoms with Gasteiger partial charge in [-0.25, -0.2) is 4.79 Å². The number of rotatable bonds is 5. The first kappa shape index (κ1) is 15.4. The Morgan fingerprint density at radius 1 is 1.24 bits per heavy atom. The summed E-state index contributed by atoms with van der Waals surface area (Å²) in [5, 5.41) is 10.3. The highest BCUT2D eigenvalue weighted by atomic mass is 35.5. The molecule has 110 valence electrons. The van der Waals surface area contributed by atoms with Crippen molar-refractivity contribution >= 4 is 17.6 Å². The third-order valence-corrected chi connectivity index (χ3v) is 3.23. The molecule has 0 fully saturated rings. The van der Waals surface area contributed by atoms with Crippen LogP contribution in [-0.2, 0) is 16.1 Å². The molecule has 2 rings (SSSR count). The fraction of sp³-hybridized carbons (Fsp3) is 0.188. The van der Waals surface area contributed by atoms with Gasteiger partial charge in [-0.3, -0.25) is 0 Å². The molecule has 0 heterocycles. The van der Waals surface area contributed by atoms with Gasteiger partial charge in [0.2, 0.25) is 0 Å². The number of esters is 1. The van der Waals surface area contributed by atoms with E-state index in [1.807, 2.05) is 0 Å². The van der Waals surface area contributed by atoms with Crippen molar-refractivity contribution in [1.82, 2.24) is 0 Å². The fourth-order valence-corrected chi connectivity index (χ4v) is 2.08. The summed E-state index contributed by atoms with van der Waals surface area (Å²) in [7, 11) is 1.52. The topological polar surface area (TPSA) is 55.8 Å². The molecule has 1 atom stereocenters. The van der Waals surface area contributed by atoms with Crippen LogP contribution >= 0.6 is 11.6 Å². The summed E-state index contributed by atoms with van der Waals surface area (Å²) in [4.78, 5) is 11.8. The van der Waals surface area contributed by atoms with Gasteiger partial charge >= 0.3 is 5.97 Å². The lowest BCUT2D eigenvalue weighted by Crippen LogP contribution is -2.15. The second-order valence-corrected chi connectivity index (χ2v) is 4.80. The summed E-state index contributed by atoms with van der Waals surface area (Å²) < 4.78 is 10.1. The number of hydrogen-bond acceptors (Lipinski definition) is 4. The van der Waals surface area contributed by atoms with Crippen LogP contribution in [0.4, 0.5) is 0 Å². The maximum Gasteiger partial charge on any atom is 0.339 e. The Labute approximate surface area is 127 Å². The molecule has 0 unspecified atom stereocenters. The molecule has 0 amide bonds. The zero-order valence-corrected chi connectivity index (χ0v) is 12.2. The van der Waals surface area contributed by atoms with Crippen LogP contribution in [0.25, 0.3) is 0 Å². The van der Waals surface area contributed by atoms with E-state index >= 15 is 0 Å². The number of aliphatic hydroxyl groups excluding tert-OH is 1. The van der Waals surface area contributed by atoms with Gasteiger partial charge in [0.05, 0.1) is 12.1 Å². The van der Waals surface area contributed by atoms with Crippen molar-refractivity contribution in [2.75, 3.05) is 7.11 Å². The Kier molecular flexibility index (Phi) is 5.20. The van der Waals surface area contributed by atoms with Gasteiger partial charge in [0.25, 0.3) is 0 Å². The van der Waals surface area contributed by atoms with E-state index in [4.69, 9.17) is 21.1 Å². The lowest BCUT2D eigenvalue weighted by molar-refractivity contribution is -0.155. The van der Waals surface area contributed by atoms with E-state index in [0.29, 0.717) is 16.3 Å². The molecule has 0 radical (unpaired) electrons. The van der Waals surface area contributed by atoms with Crippen LogP contribution in [0.1, 0.15) is 17.2 Å². The predicted octanol–water partition coefficient (Wildman–Crippen LogP) is 3.13. The molecule has 0 saturated carbocycles. The predicted molar refractivity (Wildman–Crippen MR) is 79.2 cm³/mol. The number of methoxy groups -OCH3 is 1. The standard InChI is InChI=1S/C16H15ClO4/c1-20-14-8-7-11(9-13(14)17)10-21-16(19)15(18)12-5-3-2-4-6-12/h2-9,15,18H,10H2,1H3/t15-/m0/s1. The minimum absolute atomic E-state index is 0.0342. The van der Waals surface area contributed by atoms with Gasteiger partial charge in [0, 0.05) is 0 Å². The first-order chi connectivity index (χ1) is 10.1. The molecule has 4 nitrogen and oxygen atoms in total. The van der Waals surface area contributed by atoms with E-state index in [-0.39, 0.29) is 6.61 Å². The Morgan fingerprint density at radius 3 is 2.57 bits per heavy atom. The summed E-state index contributed by atoms with van der Waals surface area (Å²) in [6.07, 6.45) is -1.29. The van der Waals surface area contributed by atoms with E-state index in [1.165, 1.54) is 7.11 Å². The van der Waals surface area contributed by atoms with Crippen LogP contribution in [0.15, 0.2) is 48.5 Å². The summed E-state index contributed by atoms with van der Waals surface area (Å²) in [5.41, 5.74) is 1.21. The largest absolute Gasteiger partial charge is 0.495 e. The minimum atomic E-state index is -1.29. The van der Waals surface area contributed by atoms with Crippen molar-refractivity contribution in [2.24, 2.45) is 0 Å². The maximum atomic E-state index is 11.8. The molecule has 0 aliphatic rings. The molecule has 1 N–H and O–H groups in total. The van der Waals surface area contributed by atoms with E-state index in [1.54, 1.807) is 48.5 Å². The van der Waals surface area contributed by atoms with Crippen molar-refractivity contribution < 1.29 is 19.4 Å². The third kappa shape index (κ3) is 3.97. The minimum Gasteiger partial charge on any atom is -0.495 e. The van der Waals surface area contributed by atoms with Gasteiger partial charge in [-0.2, -0.15) is 0 Å². The van der Waals surface area contributed by atoms with Crippen molar-refractivity contribution in [1.29, 1.82) is 0 Å². The van der Waals surface area contributed by atoms with Crippen LogP contribution < -0.4 is 4.74 Å². The van der Waals surface area contributed by atoms with Gasteiger partial charge in [0.15, 0.2) is 6.10 Å². The maximum absolute atomic E-state index is 11.8. The molecule has 0 spiro atoms. The van der Waals surface area contributed by atoms with Gasteiger partial charge < -0.3 is 14.6 Å². The van der Waals surface area contributed by atoms with E-state index in [2.05, 4.69) is 0 Å². The van der Waals surface area contributed by atoms with Crippen LogP contribution in [0.5, 0.6) is 5.75 Å². The number of aliphatic hydroxyl groups is 1. The quantitative estimate of drug-likeness (QED) is 0.862. The second kappa shape index (κ2) is 7.11. The average molecular weight is 307 g/mol. The molecule has 0 bridgehead atoms. The molecule has 0 aliphatic heterocycles. The Hall–Kier alpha value is -2.04. The molecule has 21 heavy (non-hydrogen) atoms. The number of carbonyl (C=O) groups excluding carboxylic acids is 1. The SMILES string of the molecule is COc1ccc(COC(=O)[C@@H](O)c2ccccc2)cc1Cl. The van der Waals surface area contributed by atoms with Gasteiger partial charge in [-0.15, -0.1) is 0 Å². The van der Waals surface area contributed by atoms with E-state index in [0.717, 1.165) is 5.56 Å². The van der Waals surface area contributed by atoms with Crippen LogP contribution in [0, 0.1) is 0 Å². The molecular weight excluding hydrogens is 292 g/mol. The van der Waals surface area contributed by atoms with Crippen molar-refractivity contribution in [3.05, 3.63) is 64.7 Å². The van der Waals surface area contributed by atoms with Gasteiger partial charge in [-0.05, 0) is 23.3 Å². The highest BCUT2D eigenvalue weighted by molar-refractivity contribution is 6.32. The molecule has 2 aromatic rings. The van der Waals surface area contributed by atoms with Gasteiger partial charge in [0.1, 0.15) is 12.4 Å². The highest BCUT2D eigenvalue weighted by Crippen LogP contribution is 2.25. The van der Waals surface area contributed by atoms with Crippen LogP contribution in [-0.4, -0.2) is 18.2 Å². The van der Waals surface area contributed by atoms with E-state index in [9.17, 15) is 9.90 Å². The summed E-state index contributed by atoms with van der Waals surface area (Å²) in [6.45, 7) is 0.0342. The highest BCUT2D eigenvalue weighted by Gasteiger charge is 2.18. The summed E-state index contributed by atoms with van der Waals surface area (Å²) in [5.74, 6) is -0.149.